The molecule has 0 aliphatic heterocycles. The average Bonchev–Trinajstić information content (AvgIpc) is 2.94. The van der Waals surface area contributed by atoms with Gasteiger partial charge in [-0.05, 0) is 48.4 Å². The molecule has 0 bridgehead atoms. The predicted molar refractivity (Wildman–Crippen MR) is 102 cm³/mol. The molecule has 1 heterocycles. The van der Waals surface area contributed by atoms with Crippen molar-refractivity contribution < 1.29 is 4.79 Å². The Balaban J connectivity index is 1.47. The Labute approximate surface area is 160 Å². The second-order valence-electron chi connectivity index (χ2n) is 5.75. The highest BCUT2D eigenvalue weighted by molar-refractivity contribution is 6.34. The third-order valence-corrected chi connectivity index (χ3v) is 4.39. The van der Waals surface area contributed by atoms with Gasteiger partial charge in [0.05, 0.1) is 11.0 Å². The highest BCUT2D eigenvalue weighted by atomic mass is 35.5. The van der Waals surface area contributed by atoms with Crippen LogP contribution in [-0.2, 0) is 17.8 Å². The Kier molecular flexibility index (Phi) is 5.84. The van der Waals surface area contributed by atoms with E-state index in [-0.39, 0.29) is 5.91 Å². The van der Waals surface area contributed by atoms with Gasteiger partial charge in [0.1, 0.15) is 5.82 Å². The first-order chi connectivity index (χ1) is 12.0. The molecule has 3 rings (SSSR count). The first-order valence-electron chi connectivity index (χ1n) is 7.85. The number of carbonyl (C=O) groups is 1. The maximum absolute atomic E-state index is 12.0. The maximum Gasteiger partial charge on any atom is 0.220 e. The second kappa shape index (κ2) is 8.09. The fraction of sp³-hybridized carbons (Fsp3) is 0.222. The third kappa shape index (κ3) is 5.11. The number of aromatic nitrogens is 2. The molecule has 1 amide bonds. The molecule has 0 saturated carbocycles. The Morgan fingerprint density at radius 2 is 1.80 bits per heavy atom. The molecule has 130 valence electrons. The number of carbonyl (C=O) groups excluding carboxylic acids is 1. The molecule has 0 atom stereocenters. The summed E-state index contributed by atoms with van der Waals surface area (Å²) in [7, 11) is 0. The molecule has 0 saturated heterocycles. The number of nitrogens with one attached hydrogen (secondary N) is 2. The quantitative estimate of drug-likeness (QED) is 0.604. The van der Waals surface area contributed by atoms with Crippen molar-refractivity contribution in [1.82, 2.24) is 15.3 Å². The minimum Gasteiger partial charge on any atom is -0.352 e. The molecular weight excluding hydrogens is 381 g/mol. The first-order valence-corrected chi connectivity index (χ1v) is 8.99. The number of imidazole rings is 1. The normalized spacial score (nSPS) is 11.0. The molecule has 3 aromatic rings. The van der Waals surface area contributed by atoms with Crippen LogP contribution in [0.2, 0.25) is 15.1 Å². The number of amides is 1. The van der Waals surface area contributed by atoms with E-state index in [1.807, 2.05) is 18.2 Å². The number of halogens is 3. The van der Waals surface area contributed by atoms with Crippen LogP contribution in [0.15, 0.2) is 36.4 Å². The standard InChI is InChI=1S/C18H16Cl3N3O/c19-12-4-5-15-16(9-12)24-17(23-15)2-1-3-18(25)22-10-11-6-13(20)8-14(21)7-11/h4-9H,1-3,10H2,(H,22,25)(H,23,24). The van der Waals surface area contributed by atoms with Gasteiger partial charge in [0.2, 0.25) is 5.91 Å². The Bertz CT molecular complexity index is 887. The van der Waals surface area contributed by atoms with Gasteiger partial charge in [0.25, 0.3) is 0 Å². The molecule has 0 aliphatic rings. The van der Waals surface area contributed by atoms with Crippen LogP contribution >= 0.6 is 34.8 Å². The summed E-state index contributed by atoms with van der Waals surface area (Å²) in [6.07, 6.45) is 1.82. The molecule has 0 unspecified atom stereocenters. The molecule has 4 nitrogen and oxygen atoms in total. The van der Waals surface area contributed by atoms with Crippen LogP contribution in [0.1, 0.15) is 24.2 Å². The smallest absolute Gasteiger partial charge is 0.220 e. The summed E-state index contributed by atoms with van der Waals surface area (Å²) >= 11 is 17.8. The number of fused-ring (bicyclic) bond motifs is 1. The lowest BCUT2D eigenvalue weighted by molar-refractivity contribution is -0.121. The summed E-state index contributed by atoms with van der Waals surface area (Å²) in [6, 6.07) is 10.8. The first kappa shape index (κ1) is 18.1. The fourth-order valence-corrected chi connectivity index (χ4v) is 3.31. The van der Waals surface area contributed by atoms with Gasteiger partial charge < -0.3 is 10.3 Å². The molecule has 25 heavy (non-hydrogen) atoms. The monoisotopic (exact) mass is 395 g/mol. The minimum atomic E-state index is -0.0183. The fourth-order valence-electron chi connectivity index (χ4n) is 2.57. The lowest BCUT2D eigenvalue weighted by Gasteiger charge is -2.06. The van der Waals surface area contributed by atoms with E-state index in [0.29, 0.717) is 40.9 Å². The Morgan fingerprint density at radius 1 is 1.04 bits per heavy atom. The molecule has 0 fully saturated rings. The van der Waals surface area contributed by atoms with Crippen molar-refractivity contribution in [1.29, 1.82) is 0 Å². The van der Waals surface area contributed by atoms with Gasteiger partial charge in [-0.1, -0.05) is 34.8 Å². The number of benzene rings is 2. The summed E-state index contributed by atoms with van der Waals surface area (Å²) in [5.74, 6) is 0.835. The summed E-state index contributed by atoms with van der Waals surface area (Å²) < 4.78 is 0. The number of rotatable bonds is 6. The molecule has 0 spiro atoms. The van der Waals surface area contributed by atoms with Gasteiger partial charge >= 0.3 is 0 Å². The molecule has 2 aromatic carbocycles. The van der Waals surface area contributed by atoms with E-state index < -0.39 is 0 Å². The van der Waals surface area contributed by atoms with Crippen molar-refractivity contribution in [3.05, 3.63) is 62.9 Å². The van der Waals surface area contributed by atoms with Crippen LogP contribution < -0.4 is 5.32 Å². The summed E-state index contributed by atoms with van der Waals surface area (Å²) in [5.41, 5.74) is 2.66. The van der Waals surface area contributed by atoms with Crippen LogP contribution in [0.3, 0.4) is 0 Å². The highest BCUT2D eigenvalue weighted by Crippen LogP contribution is 2.19. The number of hydrogen-bond donors (Lipinski definition) is 2. The van der Waals surface area contributed by atoms with Gasteiger partial charge in [-0.25, -0.2) is 4.98 Å². The largest absolute Gasteiger partial charge is 0.352 e. The lowest BCUT2D eigenvalue weighted by atomic mass is 10.2. The van der Waals surface area contributed by atoms with Crippen LogP contribution in [-0.4, -0.2) is 15.9 Å². The second-order valence-corrected chi connectivity index (χ2v) is 7.06. The van der Waals surface area contributed by atoms with Gasteiger partial charge in [0.15, 0.2) is 0 Å². The van der Waals surface area contributed by atoms with Crippen molar-refractivity contribution in [2.24, 2.45) is 0 Å². The van der Waals surface area contributed by atoms with E-state index in [4.69, 9.17) is 34.8 Å². The summed E-state index contributed by atoms with van der Waals surface area (Å²) in [6.45, 7) is 0.405. The van der Waals surface area contributed by atoms with E-state index in [1.165, 1.54) is 0 Å². The molecule has 1 aromatic heterocycles. The molecule has 0 radical (unpaired) electrons. The van der Waals surface area contributed by atoms with Crippen LogP contribution in [0.5, 0.6) is 0 Å². The number of nitrogens with zero attached hydrogens (tertiary/aromatic N) is 1. The molecule has 2 N–H and O–H groups in total. The zero-order valence-electron chi connectivity index (χ0n) is 13.3. The van der Waals surface area contributed by atoms with E-state index in [1.54, 1.807) is 18.2 Å². The summed E-state index contributed by atoms with van der Waals surface area (Å²) in [4.78, 5) is 19.7. The van der Waals surface area contributed by atoms with Crippen molar-refractivity contribution in [2.45, 2.75) is 25.8 Å². The predicted octanol–water partition coefficient (Wildman–Crippen LogP) is 5.16. The highest BCUT2D eigenvalue weighted by Gasteiger charge is 2.06. The van der Waals surface area contributed by atoms with Gasteiger partial charge in [0, 0.05) is 34.5 Å². The van der Waals surface area contributed by atoms with Crippen molar-refractivity contribution >= 4 is 51.7 Å². The number of aromatic amines is 1. The van der Waals surface area contributed by atoms with E-state index in [9.17, 15) is 4.79 Å². The molecule has 7 heteroatoms. The SMILES string of the molecule is O=C(CCCc1nc2ccc(Cl)cc2[nH]1)NCc1cc(Cl)cc(Cl)c1. The molecule has 0 aliphatic carbocycles. The van der Waals surface area contributed by atoms with E-state index in [2.05, 4.69) is 15.3 Å². The Morgan fingerprint density at radius 3 is 2.56 bits per heavy atom. The minimum absolute atomic E-state index is 0.0183. The summed E-state index contributed by atoms with van der Waals surface area (Å²) in [5, 5.41) is 4.65. The van der Waals surface area contributed by atoms with Crippen molar-refractivity contribution in [2.75, 3.05) is 0 Å². The molecular formula is C18H16Cl3N3O. The average molecular weight is 397 g/mol. The number of H-pyrrole nitrogens is 1. The number of aryl methyl sites for hydroxylation is 1. The maximum atomic E-state index is 12.0. The van der Waals surface area contributed by atoms with Crippen molar-refractivity contribution in [3.63, 3.8) is 0 Å². The van der Waals surface area contributed by atoms with Crippen LogP contribution in [0, 0.1) is 0 Å². The Hall–Kier alpha value is -1.75. The lowest BCUT2D eigenvalue weighted by Crippen LogP contribution is -2.22. The van der Waals surface area contributed by atoms with E-state index in [0.717, 1.165) is 22.4 Å². The van der Waals surface area contributed by atoms with Crippen LogP contribution in [0.25, 0.3) is 11.0 Å². The van der Waals surface area contributed by atoms with Gasteiger partial charge in [-0.2, -0.15) is 0 Å². The number of hydrogen-bond acceptors (Lipinski definition) is 2. The van der Waals surface area contributed by atoms with E-state index >= 15 is 0 Å². The van der Waals surface area contributed by atoms with Gasteiger partial charge in [-0.15, -0.1) is 0 Å². The van der Waals surface area contributed by atoms with Gasteiger partial charge in [-0.3, -0.25) is 4.79 Å². The van der Waals surface area contributed by atoms with Crippen LogP contribution in [0.4, 0.5) is 0 Å². The zero-order valence-corrected chi connectivity index (χ0v) is 15.5. The third-order valence-electron chi connectivity index (χ3n) is 3.72. The topological polar surface area (TPSA) is 57.8 Å². The zero-order chi connectivity index (χ0) is 17.8. The van der Waals surface area contributed by atoms with Crippen molar-refractivity contribution in [3.8, 4) is 0 Å².